The van der Waals surface area contributed by atoms with Crippen molar-refractivity contribution >= 4 is 22.5 Å². The molecule has 0 saturated carbocycles. The van der Waals surface area contributed by atoms with Gasteiger partial charge in [-0.15, -0.1) is 0 Å². The van der Waals surface area contributed by atoms with Gasteiger partial charge >= 0.3 is 0 Å². The molecule has 23 heavy (non-hydrogen) atoms. The molecule has 2 heterocycles. The maximum absolute atomic E-state index is 13.7. The second kappa shape index (κ2) is 5.17. The van der Waals surface area contributed by atoms with E-state index in [4.69, 9.17) is 0 Å². The van der Waals surface area contributed by atoms with Crippen LogP contribution in [0.5, 0.6) is 0 Å². The summed E-state index contributed by atoms with van der Waals surface area (Å²) >= 11 is 0. The van der Waals surface area contributed by atoms with Crippen LogP contribution in [0.15, 0.2) is 36.5 Å². The number of hydrogen-bond donors (Lipinski definition) is 2. The van der Waals surface area contributed by atoms with Gasteiger partial charge in [0, 0.05) is 43.5 Å². The Kier molecular flexibility index (Phi) is 3.12. The summed E-state index contributed by atoms with van der Waals surface area (Å²) in [5, 5.41) is 10.9. The van der Waals surface area contributed by atoms with Crippen molar-refractivity contribution in [2.45, 2.75) is 13.1 Å². The highest BCUT2D eigenvalue weighted by Crippen LogP contribution is 2.23. The van der Waals surface area contributed by atoms with Crippen LogP contribution in [0.3, 0.4) is 0 Å². The van der Waals surface area contributed by atoms with Crippen LogP contribution in [-0.2, 0) is 20.1 Å². The van der Waals surface area contributed by atoms with Gasteiger partial charge in [-0.3, -0.25) is 9.48 Å². The Morgan fingerprint density at radius 2 is 2.09 bits per heavy atom. The van der Waals surface area contributed by atoms with Crippen LogP contribution in [0.1, 0.15) is 21.5 Å². The molecule has 0 radical (unpaired) electrons. The average Bonchev–Trinajstić information content (AvgIpc) is 3.10. The summed E-state index contributed by atoms with van der Waals surface area (Å²) < 4.78 is 15.3. The first kappa shape index (κ1) is 13.9. The summed E-state index contributed by atoms with van der Waals surface area (Å²) in [6.45, 7) is 1.65. The molecule has 0 unspecified atom stereocenters. The van der Waals surface area contributed by atoms with E-state index in [0.29, 0.717) is 16.6 Å². The molecule has 116 valence electrons. The molecular formula is C17H15FN4O. The second-order valence-electron chi connectivity index (χ2n) is 5.73. The Balaban J connectivity index is 1.69. The van der Waals surface area contributed by atoms with Gasteiger partial charge in [-0.05, 0) is 29.3 Å². The van der Waals surface area contributed by atoms with Gasteiger partial charge in [0.15, 0.2) is 0 Å². The Bertz CT molecular complexity index is 932. The minimum Gasteiger partial charge on any atom is -0.322 e. The average molecular weight is 310 g/mol. The number of aryl methyl sites for hydroxylation is 1. The van der Waals surface area contributed by atoms with Crippen molar-refractivity contribution in [1.82, 2.24) is 15.1 Å². The van der Waals surface area contributed by atoms with Gasteiger partial charge < -0.3 is 10.6 Å². The maximum Gasteiger partial charge on any atom is 0.256 e. The number of benzene rings is 2. The highest BCUT2D eigenvalue weighted by atomic mass is 19.1. The number of amides is 1. The number of anilines is 1. The standard InChI is InChI=1S/C17H15FN4O/c1-22-9-15-14(5-12(18)6-16(15)21-22)17(23)20-13-3-2-10-7-19-8-11(10)4-13/h2-6,9,19H,7-8H2,1H3,(H,20,23). The third-order valence-corrected chi connectivity index (χ3v) is 4.04. The molecule has 1 aliphatic rings. The fourth-order valence-electron chi connectivity index (χ4n) is 2.97. The van der Waals surface area contributed by atoms with Crippen molar-refractivity contribution in [2.75, 3.05) is 5.32 Å². The van der Waals surface area contributed by atoms with E-state index in [0.717, 1.165) is 13.1 Å². The quantitative estimate of drug-likeness (QED) is 0.765. The molecule has 2 aromatic carbocycles. The first-order valence-electron chi connectivity index (χ1n) is 7.37. The number of carbonyl (C=O) groups excluding carboxylic acids is 1. The molecule has 1 amide bonds. The van der Waals surface area contributed by atoms with Gasteiger partial charge in [0.05, 0.1) is 11.1 Å². The van der Waals surface area contributed by atoms with Gasteiger partial charge in [0.2, 0.25) is 0 Å². The van der Waals surface area contributed by atoms with Gasteiger partial charge in [-0.25, -0.2) is 4.39 Å². The molecule has 3 aromatic rings. The zero-order valence-corrected chi connectivity index (χ0v) is 12.6. The molecule has 0 spiro atoms. The van der Waals surface area contributed by atoms with E-state index in [1.807, 2.05) is 18.2 Å². The van der Waals surface area contributed by atoms with Gasteiger partial charge in [0.1, 0.15) is 5.82 Å². The zero-order valence-electron chi connectivity index (χ0n) is 12.6. The zero-order chi connectivity index (χ0) is 16.0. The Morgan fingerprint density at radius 3 is 2.96 bits per heavy atom. The van der Waals surface area contributed by atoms with Gasteiger partial charge in [-0.2, -0.15) is 5.10 Å². The lowest BCUT2D eigenvalue weighted by Crippen LogP contribution is -2.12. The van der Waals surface area contributed by atoms with Crippen LogP contribution in [0, 0.1) is 5.82 Å². The van der Waals surface area contributed by atoms with E-state index in [-0.39, 0.29) is 11.5 Å². The fraction of sp³-hybridized carbons (Fsp3) is 0.176. The third-order valence-electron chi connectivity index (χ3n) is 4.04. The fourth-order valence-corrected chi connectivity index (χ4v) is 2.97. The molecule has 0 aliphatic carbocycles. The van der Waals surface area contributed by atoms with Crippen LogP contribution in [0.25, 0.3) is 10.9 Å². The van der Waals surface area contributed by atoms with Gasteiger partial charge in [0.25, 0.3) is 5.91 Å². The minimum absolute atomic E-state index is 0.284. The van der Waals surface area contributed by atoms with Crippen molar-refractivity contribution in [2.24, 2.45) is 7.05 Å². The summed E-state index contributed by atoms with van der Waals surface area (Å²) in [5.41, 5.74) is 3.87. The van der Waals surface area contributed by atoms with Gasteiger partial charge in [-0.1, -0.05) is 6.07 Å². The molecule has 0 fully saturated rings. The largest absolute Gasteiger partial charge is 0.322 e. The van der Waals surface area contributed by atoms with Crippen LogP contribution in [-0.4, -0.2) is 15.7 Å². The first-order chi connectivity index (χ1) is 11.1. The summed E-state index contributed by atoms with van der Waals surface area (Å²) in [5.74, 6) is -0.812. The molecule has 2 N–H and O–H groups in total. The lowest BCUT2D eigenvalue weighted by molar-refractivity contribution is 0.102. The number of aromatic nitrogens is 2. The molecular weight excluding hydrogens is 295 g/mol. The smallest absolute Gasteiger partial charge is 0.256 e. The number of nitrogens with zero attached hydrogens (tertiary/aromatic N) is 2. The van der Waals surface area contributed by atoms with E-state index in [9.17, 15) is 9.18 Å². The van der Waals surface area contributed by atoms with Crippen LogP contribution in [0.4, 0.5) is 10.1 Å². The Hall–Kier alpha value is -2.73. The summed E-state index contributed by atoms with van der Waals surface area (Å²) in [6.07, 6.45) is 1.72. The lowest BCUT2D eigenvalue weighted by Gasteiger charge is -2.08. The van der Waals surface area contributed by atoms with Crippen LogP contribution < -0.4 is 10.6 Å². The normalized spacial score (nSPS) is 13.3. The SMILES string of the molecule is Cn1cc2c(C(=O)Nc3ccc4c(c3)CNC4)cc(F)cc2n1. The molecule has 4 rings (SSSR count). The molecule has 6 heteroatoms. The summed E-state index contributed by atoms with van der Waals surface area (Å²) in [4.78, 5) is 12.6. The number of hydrogen-bond acceptors (Lipinski definition) is 3. The monoisotopic (exact) mass is 310 g/mol. The third kappa shape index (κ3) is 2.47. The second-order valence-corrected chi connectivity index (χ2v) is 5.73. The van der Waals surface area contributed by atoms with E-state index in [2.05, 4.69) is 15.7 Å². The molecule has 1 aliphatic heterocycles. The molecule has 0 atom stereocenters. The number of carbonyl (C=O) groups is 1. The highest BCUT2D eigenvalue weighted by Gasteiger charge is 2.16. The Labute approximate surface area is 132 Å². The molecule has 0 bridgehead atoms. The predicted molar refractivity (Wildman–Crippen MR) is 85.6 cm³/mol. The minimum atomic E-state index is -0.473. The van der Waals surface area contributed by atoms with Crippen molar-refractivity contribution < 1.29 is 9.18 Å². The van der Waals surface area contributed by atoms with E-state index >= 15 is 0 Å². The van der Waals surface area contributed by atoms with Crippen molar-refractivity contribution in [3.63, 3.8) is 0 Å². The molecule has 0 saturated heterocycles. The van der Waals surface area contributed by atoms with Crippen molar-refractivity contribution in [1.29, 1.82) is 0 Å². The van der Waals surface area contributed by atoms with E-state index in [1.54, 1.807) is 17.9 Å². The first-order valence-corrected chi connectivity index (χ1v) is 7.37. The van der Waals surface area contributed by atoms with Crippen LogP contribution >= 0.6 is 0 Å². The maximum atomic E-state index is 13.7. The summed E-state index contributed by atoms with van der Waals surface area (Å²) in [7, 11) is 1.74. The predicted octanol–water partition coefficient (Wildman–Crippen LogP) is 2.57. The van der Waals surface area contributed by atoms with Crippen molar-refractivity contribution in [3.8, 4) is 0 Å². The number of halogens is 1. The lowest BCUT2D eigenvalue weighted by atomic mass is 10.1. The number of fused-ring (bicyclic) bond motifs is 2. The summed E-state index contributed by atoms with van der Waals surface area (Å²) in [6, 6.07) is 8.38. The number of rotatable bonds is 2. The number of nitrogens with one attached hydrogen (secondary N) is 2. The highest BCUT2D eigenvalue weighted by molar-refractivity contribution is 6.12. The van der Waals surface area contributed by atoms with Crippen molar-refractivity contribution in [3.05, 3.63) is 59.0 Å². The Morgan fingerprint density at radius 1 is 1.26 bits per heavy atom. The topological polar surface area (TPSA) is 59.0 Å². The van der Waals surface area contributed by atoms with Crippen LogP contribution in [0.2, 0.25) is 0 Å². The van der Waals surface area contributed by atoms with E-state index in [1.165, 1.54) is 23.3 Å². The molecule has 1 aromatic heterocycles. The van der Waals surface area contributed by atoms with E-state index < -0.39 is 5.82 Å². The molecule has 5 nitrogen and oxygen atoms in total.